The lowest BCUT2D eigenvalue weighted by Gasteiger charge is -2.09. The van der Waals surface area contributed by atoms with Crippen molar-refractivity contribution in [3.63, 3.8) is 0 Å². The van der Waals surface area contributed by atoms with Gasteiger partial charge in [0.05, 0.1) is 7.11 Å². The minimum atomic E-state index is -3.13. The van der Waals surface area contributed by atoms with E-state index >= 15 is 0 Å². The number of ether oxygens (including phenoxy) is 2. The van der Waals surface area contributed by atoms with Crippen molar-refractivity contribution in [1.82, 2.24) is 0 Å². The lowest BCUT2D eigenvalue weighted by Crippen LogP contribution is -2.16. The zero-order valence-electron chi connectivity index (χ0n) is 6.87. The average Bonchev–Trinajstić information content (AvgIpc) is 1.97. The van der Waals surface area contributed by atoms with Gasteiger partial charge in [-0.15, -0.1) is 0 Å². The second kappa shape index (κ2) is 8.59. The van der Waals surface area contributed by atoms with Crippen LogP contribution < -0.4 is 0 Å². The summed E-state index contributed by atoms with van der Waals surface area (Å²) in [6.07, 6.45) is -0.869. The first-order chi connectivity index (χ1) is 6.19. The molecule has 0 aliphatic carbocycles. The molecule has 0 radical (unpaired) electrons. The Bertz CT molecular complexity index is 188. The fourth-order valence-corrected chi connectivity index (χ4v) is 0.363. The van der Waals surface area contributed by atoms with E-state index in [1.807, 2.05) is 0 Å². The van der Waals surface area contributed by atoms with Gasteiger partial charge in [-0.3, -0.25) is 4.57 Å². The van der Waals surface area contributed by atoms with Gasteiger partial charge in [-0.05, 0) is 0 Å². The summed E-state index contributed by atoms with van der Waals surface area (Å²) in [7, 11) is -1.96. The van der Waals surface area contributed by atoms with Gasteiger partial charge in [-0.2, -0.15) is 0 Å². The van der Waals surface area contributed by atoms with E-state index in [9.17, 15) is 4.79 Å². The van der Waals surface area contributed by atoms with Gasteiger partial charge in [-0.1, -0.05) is 34.8 Å². The highest BCUT2D eigenvalue weighted by molar-refractivity contribution is 7.30. The summed E-state index contributed by atoms with van der Waals surface area (Å²) in [6.45, 7) is -0.315. The Hall–Kier alpha value is 0.290. The molecular weight excluding hydrogens is 281 g/mol. The molecule has 0 aromatic heterocycles. The molecule has 0 aromatic carbocycles. The van der Waals surface area contributed by atoms with Crippen molar-refractivity contribution < 1.29 is 28.6 Å². The quantitative estimate of drug-likeness (QED) is 0.432. The number of carbonyl (C=O) groups excluding carboxylic acids is 1. The van der Waals surface area contributed by atoms with Crippen molar-refractivity contribution in [1.29, 1.82) is 0 Å². The molecule has 2 N–H and O–H groups in total. The van der Waals surface area contributed by atoms with Gasteiger partial charge < -0.3 is 19.3 Å². The standard InChI is InChI=1S/C4H5Cl3O3.H3O3P/c1-9-3(8)10-2-4(5,6)7;1-4(2)3/h2H2,1H3;4H,(H2,1,2,3). The summed E-state index contributed by atoms with van der Waals surface area (Å²) >= 11 is 15.7. The number of hydrogen-bond acceptors (Lipinski definition) is 4. The van der Waals surface area contributed by atoms with E-state index in [4.69, 9.17) is 49.2 Å². The first-order valence-electron chi connectivity index (χ1n) is 2.88. The lowest BCUT2D eigenvalue weighted by atomic mass is 10.8. The molecule has 0 heterocycles. The van der Waals surface area contributed by atoms with Gasteiger partial charge >= 0.3 is 14.4 Å². The molecule has 86 valence electrons. The molecule has 0 aliphatic heterocycles. The number of methoxy groups -OCH3 is 1. The molecule has 10 heteroatoms. The molecule has 0 bridgehead atoms. The Kier molecular flexibility index (Phi) is 10.2. The van der Waals surface area contributed by atoms with Crippen LogP contribution in [0.3, 0.4) is 0 Å². The third kappa shape index (κ3) is 22.8. The summed E-state index contributed by atoms with van der Waals surface area (Å²) < 4.78 is 15.6. The highest BCUT2D eigenvalue weighted by Crippen LogP contribution is 2.25. The first kappa shape index (κ1) is 16.7. The van der Waals surface area contributed by atoms with E-state index < -0.39 is 18.2 Å². The van der Waals surface area contributed by atoms with Gasteiger partial charge in [0.15, 0.2) is 0 Å². The van der Waals surface area contributed by atoms with Crippen molar-refractivity contribution >= 4 is 49.2 Å². The van der Waals surface area contributed by atoms with E-state index in [2.05, 4.69) is 9.47 Å². The summed E-state index contributed by atoms with van der Waals surface area (Å²) in [5.74, 6) is 0. The van der Waals surface area contributed by atoms with E-state index in [-0.39, 0.29) is 6.61 Å². The Labute approximate surface area is 95.6 Å². The first-order valence-corrected chi connectivity index (χ1v) is 5.32. The zero-order valence-corrected chi connectivity index (χ0v) is 10.1. The smallest absolute Gasteiger partial charge is 0.438 e. The van der Waals surface area contributed by atoms with Crippen molar-refractivity contribution in [2.24, 2.45) is 0 Å². The molecule has 0 spiro atoms. The monoisotopic (exact) mass is 288 g/mol. The van der Waals surface area contributed by atoms with Gasteiger partial charge in [0.2, 0.25) is 3.79 Å². The van der Waals surface area contributed by atoms with E-state index in [1.165, 1.54) is 7.11 Å². The lowest BCUT2D eigenvalue weighted by molar-refractivity contribution is 0.0742. The second-order valence-corrected chi connectivity index (χ2v) is 4.72. The molecule has 0 unspecified atom stereocenters. The van der Waals surface area contributed by atoms with Gasteiger partial charge in [-0.25, -0.2) is 4.79 Å². The van der Waals surface area contributed by atoms with Gasteiger partial charge in [0.1, 0.15) is 6.61 Å². The van der Waals surface area contributed by atoms with Crippen molar-refractivity contribution in [3.8, 4) is 0 Å². The van der Waals surface area contributed by atoms with Crippen LogP contribution in [0.15, 0.2) is 0 Å². The van der Waals surface area contributed by atoms with E-state index in [0.29, 0.717) is 0 Å². The molecular formula is C4H8Cl3O6P. The van der Waals surface area contributed by atoms with Crippen molar-refractivity contribution in [2.45, 2.75) is 3.79 Å². The maximum atomic E-state index is 10.2. The minimum Gasteiger partial charge on any atom is -0.438 e. The summed E-state index contributed by atoms with van der Waals surface area (Å²) in [5, 5.41) is 0. The predicted octanol–water partition coefficient (Wildman–Crippen LogP) is 1.50. The van der Waals surface area contributed by atoms with E-state index in [1.54, 1.807) is 0 Å². The van der Waals surface area contributed by atoms with Gasteiger partial charge in [0, 0.05) is 0 Å². The highest BCUT2D eigenvalue weighted by atomic mass is 35.6. The minimum absolute atomic E-state index is 0.315. The number of rotatable bonds is 1. The maximum absolute atomic E-state index is 10.2. The van der Waals surface area contributed by atoms with Crippen LogP contribution in [0.2, 0.25) is 0 Å². The maximum Gasteiger partial charge on any atom is 0.508 e. The Morgan fingerprint density at radius 1 is 1.43 bits per heavy atom. The van der Waals surface area contributed by atoms with Crippen LogP contribution in [-0.4, -0.2) is 33.5 Å². The Morgan fingerprint density at radius 3 is 2.00 bits per heavy atom. The SMILES string of the molecule is COC(=O)OCC(Cl)(Cl)Cl.O=[PH](O)O. The Balaban J connectivity index is 0. The fraction of sp³-hybridized carbons (Fsp3) is 0.750. The van der Waals surface area contributed by atoms with Crippen molar-refractivity contribution in [3.05, 3.63) is 0 Å². The summed E-state index contributed by atoms with van der Waals surface area (Å²) in [6, 6.07) is 0. The van der Waals surface area contributed by atoms with Crippen LogP contribution in [0, 0.1) is 0 Å². The zero-order chi connectivity index (χ0) is 11.8. The fourth-order valence-electron chi connectivity index (χ4n) is 0.200. The van der Waals surface area contributed by atoms with Crippen LogP contribution in [0.25, 0.3) is 0 Å². The van der Waals surface area contributed by atoms with Crippen molar-refractivity contribution in [2.75, 3.05) is 13.7 Å². The molecule has 0 aliphatic rings. The largest absolute Gasteiger partial charge is 0.508 e. The summed E-state index contributed by atoms with van der Waals surface area (Å²) in [4.78, 5) is 24.6. The second-order valence-electron chi connectivity index (χ2n) is 1.64. The highest BCUT2D eigenvalue weighted by Gasteiger charge is 2.22. The van der Waals surface area contributed by atoms with Crippen LogP contribution in [-0.2, 0) is 14.0 Å². The third-order valence-electron chi connectivity index (χ3n) is 0.520. The number of hydrogen-bond donors (Lipinski definition) is 2. The molecule has 0 amide bonds. The van der Waals surface area contributed by atoms with Crippen LogP contribution in [0.1, 0.15) is 0 Å². The Morgan fingerprint density at radius 2 is 1.79 bits per heavy atom. The molecule has 0 saturated carbocycles. The molecule has 0 fully saturated rings. The molecule has 0 saturated heterocycles. The number of alkyl halides is 3. The summed E-state index contributed by atoms with van der Waals surface area (Å²) in [5.41, 5.74) is 0. The normalized spacial score (nSPS) is 10.2. The van der Waals surface area contributed by atoms with E-state index in [0.717, 1.165) is 0 Å². The molecule has 0 aromatic rings. The number of carbonyl (C=O) groups is 1. The number of halogens is 3. The molecule has 0 atom stereocenters. The molecule has 0 rings (SSSR count). The predicted molar refractivity (Wildman–Crippen MR) is 52.1 cm³/mol. The third-order valence-corrected chi connectivity index (χ3v) is 0.848. The topological polar surface area (TPSA) is 93.1 Å². The van der Waals surface area contributed by atoms with Crippen LogP contribution in [0.4, 0.5) is 4.79 Å². The van der Waals surface area contributed by atoms with Crippen LogP contribution >= 0.6 is 43.1 Å². The average molecular weight is 289 g/mol. The van der Waals surface area contributed by atoms with Gasteiger partial charge in [0.25, 0.3) is 0 Å². The van der Waals surface area contributed by atoms with Crippen LogP contribution in [0.5, 0.6) is 0 Å². The molecule has 14 heavy (non-hydrogen) atoms. The molecule has 6 nitrogen and oxygen atoms in total.